The Bertz CT molecular complexity index is 3270. The Balaban J connectivity index is 1.20. The lowest BCUT2D eigenvalue weighted by Crippen LogP contribution is -2.46. The fraction of sp³-hybridized carbons (Fsp3) is 0.406. The number of aromatic nitrogens is 2. The number of benzene rings is 6. The van der Waals surface area contributed by atoms with Crippen LogP contribution in [0, 0.1) is 34.5 Å². The van der Waals surface area contributed by atoms with Gasteiger partial charge in [-0.25, -0.2) is 4.52 Å². The van der Waals surface area contributed by atoms with Crippen LogP contribution in [0.1, 0.15) is 140 Å². The summed E-state index contributed by atoms with van der Waals surface area (Å²) in [6, 6.07) is 44.1. The summed E-state index contributed by atoms with van der Waals surface area (Å²) < 4.78 is 3.77. The normalized spacial score (nSPS) is 28.1. The second-order valence-electron chi connectivity index (χ2n) is 25.0. The molecule has 4 fully saturated rings. The lowest BCUT2D eigenvalue weighted by Gasteiger charge is -2.53. The third-order valence-corrected chi connectivity index (χ3v) is 19.8. The Morgan fingerprint density at radius 1 is 0.426 bits per heavy atom. The van der Waals surface area contributed by atoms with Crippen molar-refractivity contribution in [3.8, 4) is 44.5 Å². The Kier molecular flexibility index (Phi) is 8.47. The van der Waals surface area contributed by atoms with Crippen LogP contribution in [0.3, 0.4) is 0 Å². The van der Waals surface area contributed by atoms with Crippen molar-refractivity contribution in [1.29, 1.82) is 0 Å². The molecule has 0 aliphatic heterocycles. The van der Waals surface area contributed by atoms with E-state index in [4.69, 9.17) is 0 Å². The van der Waals surface area contributed by atoms with Gasteiger partial charge in [-0.3, -0.25) is 9.59 Å². The van der Waals surface area contributed by atoms with Crippen molar-refractivity contribution in [3.05, 3.63) is 164 Å². The minimum Gasteiger partial charge on any atom is -0.267 e. The summed E-state index contributed by atoms with van der Waals surface area (Å²) in [5, 5.41) is 1.42. The van der Waals surface area contributed by atoms with E-state index in [9.17, 15) is 0 Å². The molecule has 8 aromatic rings. The number of rotatable bonds is 4. The first-order chi connectivity index (χ1) is 32.7. The van der Waals surface area contributed by atoms with Crippen molar-refractivity contribution in [3.63, 3.8) is 0 Å². The smallest absolute Gasteiger partial charge is 0.267 e. The van der Waals surface area contributed by atoms with Gasteiger partial charge in [0.2, 0.25) is 0 Å². The molecule has 8 bridgehead atoms. The van der Waals surface area contributed by atoms with E-state index in [0.29, 0.717) is 46.3 Å². The average molecular weight is 893 g/mol. The zero-order valence-corrected chi connectivity index (χ0v) is 40.8. The van der Waals surface area contributed by atoms with Crippen LogP contribution in [0.15, 0.2) is 131 Å². The van der Waals surface area contributed by atoms with E-state index in [1.807, 2.05) is 0 Å². The van der Waals surface area contributed by atoms with Crippen molar-refractivity contribution < 1.29 is 0 Å². The molecule has 342 valence electrons. The minimum atomic E-state index is -0.180. The molecule has 16 rings (SSSR count). The van der Waals surface area contributed by atoms with Gasteiger partial charge in [-0.2, -0.15) is 4.52 Å². The molecule has 8 aliphatic rings. The Morgan fingerprint density at radius 2 is 0.765 bits per heavy atom. The van der Waals surface area contributed by atoms with E-state index in [1.54, 1.807) is 4.52 Å². The lowest BCUT2D eigenvalue weighted by molar-refractivity contribution is 0.0401. The minimum absolute atomic E-state index is 0.0214. The third-order valence-electron chi connectivity index (χ3n) is 19.8. The highest BCUT2D eigenvalue weighted by Crippen LogP contribution is 2.68. The van der Waals surface area contributed by atoms with Crippen LogP contribution in [-0.2, 0) is 10.8 Å². The molecule has 68 heavy (non-hydrogen) atoms. The van der Waals surface area contributed by atoms with Crippen LogP contribution in [0.25, 0.3) is 66.3 Å². The van der Waals surface area contributed by atoms with Crippen molar-refractivity contribution >= 4 is 21.8 Å². The predicted molar refractivity (Wildman–Crippen MR) is 279 cm³/mol. The van der Waals surface area contributed by atoms with Crippen LogP contribution in [0.4, 0.5) is 0 Å². The quantitative estimate of drug-likeness (QED) is 0.177. The van der Waals surface area contributed by atoms with Gasteiger partial charge in [-0.05, 0) is 178 Å². The molecule has 4 atom stereocenters. The summed E-state index contributed by atoms with van der Waals surface area (Å²) in [5.41, 5.74) is 15.9. The summed E-state index contributed by atoms with van der Waals surface area (Å²) in [6.07, 6.45) is 12.0. The maximum atomic E-state index is 16.3. The lowest BCUT2D eigenvalue weighted by atomic mass is 9.52. The van der Waals surface area contributed by atoms with E-state index in [2.05, 4.69) is 167 Å². The summed E-state index contributed by atoms with van der Waals surface area (Å²) in [6.45, 7) is 14.9. The maximum absolute atomic E-state index is 16.3. The molecule has 4 saturated carbocycles. The monoisotopic (exact) mass is 892 g/mol. The molecule has 4 heteroatoms. The molecule has 0 N–H and O–H groups in total. The molecule has 6 aromatic carbocycles. The van der Waals surface area contributed by atoms with Crippen LogP contribution < -0.4 is 11.1 Å². The summed E-state index contributed by atoms with van der Waals surface area (Å²) in [5.74, 6) is 3.37. The Labute approximate surface area is 400 Å². The molecule has 0 amide bonds. The third kappa shape index (κ3) is 5.38. The van der Waals surface area contributed by atoms with Crippen molar-refractivity contribution in [2.45, 2.75) is 128 Å². The van der Waals surface area contributed by atoms with Crippen LogP contribution >= 0.6 is 0 Å². The average Bonchev–Trinajstić information content (AvgIpc) is 3.64. The van der Waals surface area contributed by atoms with Gasteiger partial charge in [-0.15, -0.1) is 0 Å². The highest BCUT2D eigenvalue weighted by Gasteiger charge is 2.58. The fourth-order valence-electron chi connectivity index (χ4n) is 17.2. The molecule has 2 heterocycles. The highest BCUT2D eigenvalue weighted by atomic mass is 16.2. The number of hydrogen-bond acceptors (Lipinski definition) is 2. The van der Waals surface area contributed by atoms with Crippen LogP contribution in [-0.4, -0.2) is 9.03 Å². The molecular weight excluding hydrogens is 829 g/mol. The van der Waals surface area contributed by atoms with Crippen molar-refractivity contribution in [2.24, 2.45) is 34.5 Å². The number of fused-ring (bicyclic) bond motifs is 5. The molecule has 0 radical (unpaired) electrons. The van der Waals surface area contributed by atoms with E-state index in [-0.39, 0.29) is 32.8 Å². The molecule has 0 saturated heterocycles. The number of nitrogens with zero attached hydrogens (tertiary/aromatic N) is 2. The van der Waals surface area contributed by atoms with E-state index in [0.717, 1.165) is 55.5 Å². The maximum Gasteiger partial charge on any atom is 0.283 e. The Hall–Kier alpha value is -5.74. The SMILES string of the molecule is CC(C)(C)C12CC3CC(CC(C3)c3c1cc1c(c3-c3ccccc3-c3ccccc3)c(=O)n3c(=O)c4c(-c5ccccc5-c5ccccc5)c5c(cc4n13)C1(C(C)(C)C)CC3CC(CC5C3)C1)C2. The topological polar surface area (TPSA) is 43.0 Å². The summed E-state index contributed by atoms with van der Waals surface area (Å²) >= 11 is 0. The van der Waals surface area contributed by atoms with Crippen molar-refractivity contribution in [1.82, 2.24) is 9.03 Å². The van der Waals surface area contributed by atoms with Crippen LogP contribution in [0.5, 0.6) is 0 Å². The predicted octanol–water partition coefficient (Wildman–Crippen LogP) is 15.4. The van der Waals surface area contributed by atoms with E-state index in [1.165, 1.54) is 86.5 Å². The Morgan fingerprint density at radius 3 is 1.12 bits per heavy atom. The van der Waals surface area contributed by atoms with Gasteiger partial charge in [0, 0.05) is 22.0 Å². The summed E-state index contributed by atoms with van der Waals surface area (Å²) in [4.78, 5) is 32.5. The van der Waals surface area contributed by atoms with Gasteiger partial charge in [0.05, 0.1) is 21.8 Å². The summed E-state index contributed by atoms with van der Waals surface area (Å²) in [7, 11) is 0. The molecular formula is C64H64N2O2. The first-order valence-electron chi connectivity index (χ1n) is 26.2. The standard InChI is InChI=1S/C64H64N2O2/c1-61(2,3)63-33-37-25-38(34-63)28-43(27-37)53-49(63)31-51-57(55(53)47-23-15-13-21-45(47)41-17-9-7-10-18-41)59(67)66-60(68)58-52(65(51)66)32-50-54(44-29-39-26-40(30-44)36-64(50,35-39)62(4,5)6)56(58)48-24-16-14-22-46(48)42-19-11-8-12-20-42/h7-24,31-32,37-40,43-44H,25-30,33-36H2,1-6H3. The molecule has 2 aromatic heterocycles. The van der Waals surface area contributed by atoms with E-state index >= 15 is 9.59 Å². The van der Waals surface area contributed by atoms with Gasteiger partial charge in [0.25, 0.3) is 11.1 Å². The first-order valence-corrected chi connectivity index (χ1v) is 26.2. The van der Waals surface area contributed by atoms with E-state index < -0.39 is 0 Å². The molecule has 4 unspecified atom stereocenters. The van der Waals surface area contributed by atoms with Crippen LogP contribution in [0.2, 0.25) is 0 Å². The largest absolute Gasteiger partial charge is 0.283 e. The van der Waals surface area contributed by atoms with Gasteiger partial charge < -0.3 is 0 Å². The highest BCUT2D eigenvalue weighted by molar-refractivity contribution is 6.07. The second kappa shape index (κ2) is 14.0. The van der Waals surface area contributed by atoms with Gasteiger partial charge in [0.15, 0.2) is 0 Å². The molecule has 8 aliphatic carbocycles. The first kappa shape index (κ1) is 41.3. The van der Waals surface area contributed by atoms with Gasteiger partial charge in [-0.1, -0.05) is 151 Å². The molecule has 4 nitrogen and oxygen atoms in total. The number of hydrogen-bond donors (Lipinski definition) is 0. The van der Waals surface area contributed by atoms with Gasteiger partial charge in [0.1, 0.15) is 0 Å². The zero-order chi connectivity index (χ0) is 46.2. The fourth-order valence-corrected chi connectivity index (χ4v) is 17.2. The molecule has 0 spiro atoms. The van der Waals surface area contributed by atoms with Crippen molar-refractivity contribution in [2.75, 3.05) is 0 Å². The second-order valence-corrected chi connectivity index (χ2v) is 25.0. The zero-order valence-electron chi connectivity index (χ0n) is 40.8. The van der Waals surface area contributed by atoms with Gasteiger partial charge >= 0.3 is 0 Å².